The standard InChI is InChI=1S/C15H26N4OS/c1-5-11-12(6-2)18-19-15(13(11)14(16)21)17-7-8-20-9-10(3)4/h10H,5-9H2,1-4H3,(H2,16,21)(H,17,19). The zero-order valence-corrected chi connectivity index (χ0v) is 14.2. The van der Waals surface area contributed by atoms with Crippen LogP contribution in [-0.2, 0) is 17.6 Å². The molecule has 6 heteroatoms. The Morgan fingerprint density at radius 2 is 2.00 bits per heavy atom. The van der Waals surface area contributed by atoms with Crippen LogP contribution >= 0.6 is 12.2 Å². The highest BCUT2D eigenvalue weighted by Crippen LogP contribution is 2.20. The maximum absolute atomic E-state index is 5.88. The second-order valence-electron chi connectivity index (χ2n) is 5.32. The molecular weight excluding hydrogens is 284 g/mol. The first-order chi connectivity index (χ1) is 10.0. The van der Waals surface area contributed by atoms with Crippen molar-refractivity contribution in [1.29, 1.82) is 0 Å². The topological polar surface area (TPSA) is 73.1 Å². The van der Waals surface area contributed by atoms with Crippen LogP contribution in [0.4, 0.5) is 5.82 Å². The van der Waals surface area contributed by atoms with Gasteiger partial charge in [-0.15, -0.1) is 5.10 Å². The number of rotatable bonds is 9. The fraction of sp³-hybridized carbons (Fsp3) is 0.667. The molecule has 0 radical (unpaired) electrons. The van der Waals surface area contributed by atoms with E-state index in [1.807, 2.05) is 0 Å². The molecule has 0 bridgehead atoms. The minimum Gasteiger partial charge on any atom is -0.389 e. The van der Waals surface area contributed by atoms with Crippen LogP contribution in [0.1, 0.15) is 44.5 Å². The highest BCUT2D eigenvalue weighted by molar-refractivity contribution is 7.80. The molecule has 3 N–H and O–H groups in total. The maximum Gasteiger partial charge on any atom is 0.159 e. The maximum atomic E-state index is 5.88. The fourth-order valence-electron chi connectivity index (χ4n) is 2.12. The fourth-order valence-corrected chi connectivity index (χ4v) is 2.34. The van der Waals surface area contributed by atoms with E-state index >= 15 is 0 Å². The molecule has 0 aliphatic rings. The smallest absolute Gasteiger partial charge is 0.159 e. The van der Waals surface area contributed by atoms with Gasteiger partial charge in [-0.3, -0.25) is 0 Å². The van der Waals surface area contributed by atoms with E-state index in [0.29, 0.717) is 29.9 Å². The monoisotopic (exact) mass is 310 g/mol. The molecule has 21 heavy (non-hydrogen) atoms. The molecule has 1 rings (SSSR count). The lowest BCUT2D eigenvalue weighted by Gasteiger charge is -2.15. The van der Waals surface area contributed by atoms with Crippen LogP contribution in [0.3, 0.4) is 0 Å². The first-order valence-corrected chi connectivity index (χ1v) is 7.91. The van der Waals surface area contributed by atoms with E-state index in [1.54, 1.807) is 0 Å². The van der Waals surface area contributed by atoms with Gasteiger partial charge in [0.2, 0.25) is 0 Å². The van der Waals surface area contributed by atoms with Crippen molar-refractivity contribution in [1.82, 2.24) is 10.2 Å². The highest BCUT2D eigenvalue weighted by atomic mass is 32.1. The van der Waals surface area contributed by atoms with Crippen molar-refractivity contribution >= 4 is 23.0 Å². The third-order valence-corrected chi connectivity index (χ3v) is 3.29. The van der Waals surface area contributed by atoms with Crippen molar-refractivity contribution < 1.29 is 4.74 Å². The van der Waals surface area contributed by atoms with Gasteiger partial charge in [0.25, 0.3) is 0 Å². The van der Waals surface area contributed by atoms with Crippen molar-refractivity contribution in [3.8, 4) is 0 Å². The molecular formula is C15H26N4OS. The summed E-state index contributed by atoms with van der Waals surface area (Å²) in [7, 11) is 0. The van der Waals surface area contributed by atoms with Crippen LogP contribution in [0, 0.1) is 5.92 Å². The number of aryl methyl sites for hydroxylation is 1. The van der Waals surface area contributed by atoms with Crippen LogP contribution in [0.25, 0.3) is 0 Å². The Morgan fingerprint density at radius 3 is 2.52 bits per heavy atom. The first-order valence-electron chi connectivity index (χ1n) is 7.51. The van der Waals surface area contributed by atoms with E-state index in [1.165, 1.54) is 0 Å². The predicted molar refractivity (Wildman–Crippen MR) is 90.8 cm³/mol. The third-order valence-electron chi connectivity index (χ3n) is 3.08. The van der Waals surface area contributed by atoms with Gasteiger partial charge in [0.15, 0.2) is 5.82 Å². The Balaban J connectivity index is 2.80. The molecule has 0 saturated carbocycles. The second kappa shape index (κ2) is 8.89. The summed E-state index contributed by atoms with van der Waals surface area (Å²) < 4.78 is 5.54. The molecule has 0 aliphatic carbocycles. The van der Waals surface area contributed by atoms with Crippen molar-refractivity contribution in [2.75, 3.05) is 25.1 Å². The van der Waals surface area contributed by atoms with Gasteiger partial charge >= 0.3 is 0 Å². The van der Waals surface area contributed by atoms with E-state index in [0.717, 1.165) is 36.3 Å². The number of thiocarbonyl (C=S) groups is 1. The summed E-state index contributed by atoms with van der Waals surface area (Å²) in [5.41, 5.74) is 8.75. The number of nitrogens with two attached hydrogens (primary N) is 1. The Kier molecular flexibility index (Phi) is 7.53. The molecule has 118 valence electrons. The van der Waals surface area contributed by atoms with Gasteiger partial charge in [-0.1, -0.05) is 39.9 Å². The number of nitrogens with zero attached hydrogens (tertiary/aromatic N) is 2. The number of nitrogens with one attached hydrogen (secondary N) is 1. The van der Waals surface area contributed by atoms with Gasteiger partial charge in [-0.2, -0.15) is 5.10 Å². The lowest BCUT2D eigenvalue weighted by molar-refractivity contribution is 0.118. The lowest BCUT2D eigenvalue weighted by Crippen LogP contribution is -2.21. The summed E-state index contributed by atoms with van der Waals surface area (Å²) in [4.78, 5) is 0.363. The number of anilines is 1. The predicted octanol–water partition coefficient (Wildman–Crippen LogP) is 2.32. The number of aromatic nitrogens is 2. The average molecular weight is 310 g/mol. The van der Waals surface area contributed by atoms with Gasteiger partial charge in [0.1, 0.15) is 4.99 Å². The van der Waals surface area contributed by atoms with E-state index < -0.39 is 0 Å². The Bertz CT molecular complexity index is 477. The van der Waals surface area contributed by atoms with E-state index in [-0.39, 0.29) is 0 Å². The van der Waals surface area contributed by atoms with Crippen molar-refractivity contribution in [3.05, 3.63) is 16.8 Å². The highest BCUT2D eigenvalue weighted by Gasteiger charge is 2.16. The molecule has 1 aromatic heterocycles. The van der Waals surface area contributed by atoms with Crippen molar-refractivity contribution in [3.63, 3.8) is 0 Å². The van der Waals surface area contributed by atoms with Gasteiger partial charge < -0.3 is 15.8 Å². The van der Waals surface area contributed by atoms with Gasteiger partial charge in [0.05, 0.1) is 17.9 Å². The summed E-state index contributed by atoms with van der Waals surface area (Å²) in [6.07, 6.45) is 1.66. The molecule has 1 aromatic rings. The molecule has 0 fully saturated rings. The van der Waals surface area contributed by atoms with Gasteiger partial charge in [-0.25, -0.2) is 0 Å². The Labute approximate surface area is 132 Å². The number of ether oxygens (including phenoxy) is 1. The normalized spacial score (nSPS) is 10.9. The molecule has 0 spiro atoms. The first kappa shape index (κ1) is 17.8. The lowest BCUT2D eigenvalue weighted by atomic mass is 10.0. The second-order valence-corrected chi connectivity index (χ2v) is 5.76. The molecule has 0 aromatic carbocycles. The largest absolute Gasteiger partial charge is 0.389 e. The van der Waals surface area contributed by atoms with Crippen LogP contribution < -0.4 is 11.1 Å². The molecule has 5 nitrogen and oxygen atoms in total. The van der Waals surface area contributed by atoms with Crippen molar-refractivity contribution in [2.45, 2.75) is 40.5 Å². The van der Waals surface area contributed by atoms with Gasteiger partial charge in [-0.05, 0) is 24.3 Å². The minimum atomic E-state index is 0.363. The van der Waals surface area contributed by atoms with Crippen LogP contribution in [0.15, 0.2) is 0 Å². The van der Waals surface area contributed by atoms with Crippen molar-refractivity contribution in [2.24, 2.45) is 11.7 Å². The van der Waals surface area contributed by atoms with Crippen LogP contribution in [-0.4, -0.2) is 34.9 Å². The zero-order valence-electron chi connectivity index (χ0n) is 13.4. The van der Waals surface area contributed by atoms with Crippen LogP contribution in [0.5, 0.6) is 0 Å². The number of hydrogen-bond acceptors (Lipinski definition) is 5. The SMILES string of the molecule is CCc1nnc(NCCOCC(C)C)c(C(N)=S)c1CC. The summed E-state index contributed by atoms with van der Waals surface area (Å²) in [6, 6.07) is 0. The van der Waals surface area contributed by atoms with E-state index in [4.69, 9.17) is 22.7 Å². The molecule has 0 atom stereocenters. The zero-order chi connectivity index (χ0) is 15.8. The molecule has 0 amide bonds. The summed E-state index contributed by atoms with van der Waals surface area (Å²) in [5, 5.41) is 11.7. The Hall–Kier alpha value is -1.27. The minimum absolute atomic E-state index is 0.363. The third kappa shape index (κ3) is 5.21. The summed E-state index contributed by atoms with van der Waals surface area (Å²) in [5.74, 6) is 1.19. The van der Waals surface area contributed by atoms with Crippen LogP contribution in [0.2, 0.25) is 0 Å². The summed E-state index contributed by atoms with van der Waals surface area (Å²) >= 11 is 5.19. The van der Waals surface area contributed by atoms with E-state index in [2.05, 4.69) is 43.2 Å². The molecule has 0 aliphatic heterocycles. The van der Waals surface area contributed by atoms with E-state index in [9.17, 15) is 0 Å². The number of hydrogen-bond donors (Lipinski definition) is 2. The molecule has 0 saturated heterocycles. The quantitative estimate of drug-likeness (QED) is 0.539. The summed E-state index contributed by atoms with van der Waals surface area (Å²) in [6.45, 7) is 10.4. The average Bonchev–Trinajstić information content (AvgIpc) is 2.45. The van der Waals surface area contributed by atoms with Gasteiger partial charge in [0, 0.05) is 13.2 Å². The Morgan fingerprint density at radius 1 is 1.29 bits per heavy atom. The molecule has 1 heterocycles. The molecule has 0 unspecified atom stereocenters.